The predicted molar refractivity (Wildman–Crippen MR) is 64.5 cm³/mol. The smallest absolute Gasteiger partial charge is 0.0524 e. The number of hydrogen-bond donors (Lipinski definition) is 1. The van der Waals surface area contributed by atoms with E-state index in [0.717, 1.165) is 19.3 Å². The lowest BCUT2D eigenvalue weighted by molar-refractivity contribution is -0.00442. The molecule has 3 saturated heterocycles. The summed E-state index contributed by atoms with van der Waals surface area (Å²) < 4.78 is 5.68. The third-order valence-electron chi connectivity index (χ3n) is 4.83. The summed E-state index contributed by atoms with van der Waals surface area (Å²) in [7, 11) is 0. The summed E-state index contributed by atoms with van der Waals surface area (Å²) in [6.07, 6.45) is 5.40. The van der Waals surface area contributed by atoms with Gasteiger partial charge >= 0.3 is 0 Å². The molecule has 3 aliphatic heterocycles. The molecule has 3 nitrogen and oxygen atoms in total. The molecule has 3 heteroatoms. The SMILES string of the molecule is C[C@H]1[C@@H]2COCCC2NCC2CCCCN21. The number of ether oxygens (including phenoxy) is 1. The van der Waals surface area contributed by atoms with Gasteiger partial charge in [0.15, 0.2) is 0 Å². The summed E-state index contributed by atoms with van der Waals surface area (Å²) in [4.78, 5) is 2.75. The zero-order chi connectivity index (χ0) is 11.0. The highest BCUT2D eigenvalue weighted by atomic mass is 16.5. The third-order valence-corrected chi connectivity index (χ3v) is 4.83. The van der Waals surface area contributed by atoms with Crippen LogP contribution in [0.3, 0.4) is 0 Å². The van der Waals surface area contributed by atoms with Crippen LogP contribution in [0.15, 0.2) is 0 Å². The first-order chi connectivity index (χ1) is 7.86. The maximum Gasteiger partial charge on any atom is 0.0524 e. The first kappa shape index (κ1) is 11.0. The lowest BCUT2D eigenvalue weighted by Gasteiger charge is -2.41. The van der Waals surface area contributed by atoms with Gasteiger partial charge in [0.1, 0.15) is 0 Å². The fraction of sp³-hybridized carbons (Fsp3) is 1.00. The van der Waals surface area contributed by atoms with Crippen molar-refractivity contribution in [3.63, 3.8) is 0 Å². The Bertz CT molecular complexity index is 222. The average molecular weight is 224 g/mol. The average Bonchev–Trinajstić information content (AvgIpc) is 2.49. The zero-order valence-electron chi connectivity index (χ0n) is 10.3. The minimum atomic E-state index is 0.700. The molecule has 0 aromatic heterocycles. The first-order valence-electron chi connectivity index (χ1n) is 6.93. The Labute approximate surface area is 98.5 Å². The van der Waals surface area contributed by atoms with Crippen molar-refractivity contribution in [1.29, 1.82) is 0 Å². The van der Waals surface area contributed by atoms with Crippen LogP contribution in [-0.2, 0) is 4.74 Å². The van der Waals surface area contributed by atoms with Crippen LogP contribution < -0.4 is 5.32 Å². The molecule has 0 aromatic carbocycles. The van der Waals surface area contributed by atoms with Crippen LogP contribution in [0, 0.1) is 5.92 Å². The Morgan fingerprint density at radius 2 is 2.19 bits per heavy atom. The van der Waals surface area contributed by atoms with E-state index in [1.165, 1.54) is 38.8 Å². The summed E-state index contributed by atoms with van der Waals surface area (Å²) in [6.45, 7) is 6.83. The van der Waals surface area contributed by atoms with Crippen LogP contribution in [0.1, 0.15) is 32.6 Å². The van der Waals surface area contributed by atoms with Gasteiger partial charge in [-0.2, -0.15) is 0 Å². The van der Waals surface area contributed by atoms with Gasteiger partial charge in [0.25, 0.3) is 0 Å². The molecule has 4 atom stereocenters. The third kappa shape index (κ3) is 1.89. The van der Waals surface area contributed by atoms with Crippen molar-refractivity contribution >= 4 is 0 Å². The van der Waals surface area contributed by atoms with Gasteiger partial charge in [-0.15, -0.1) is 0 Å². The van der Waals surface area contributed by atoms with Crippen LogP contribution in [0.5, 0.6) is 0 Å². The van der Waals surface area contributed by atoms with E-state index in [1.54, 1.807) is 0 Å². The van der Waals surface area contributed by atoms with Crippen LogP contribution in [-0.4, -0.2) is 49.3 Å². The second-order valence-corrected chi connectivity index (χ2v) is 5.67. The summed E-state index contributed by atoms with van der Waals surface area (Å²) in [5, 5.41) is 3.79. The molecule has 1 N–H and O–H groups in total. The van der Waals surface area contributed by atoms with Crippen LogP contribution in [0.25, 0.3) is 0 Å². The van der Waals surface area contributed by atoms with E-state index in [0.29, 0.717) is 18.0 Å². The molecule has 0 radical (unpaired) electrons. The minimum absolute atomic E-state index is 0.700. The van der Waals surface area contributed by atoms with Crippen LogP contribution >= 0.6 is 0 Å². The molecule has 92 valence electrons. The van der Waals surface area contributed by atoms with E-state index < -0.39 is 0 Å². The van der Waals surface area contributed by atoms with Gasteiger partial charge in [0, 0.05) is 37.2 Å². The molecule has 0 saturated carbocycles. The Morgan fingerprint density at radius 3 is 3.12 bits per heavy atom. The van der Waals surface area contributed by atoms with E-state index in [1.807, 2.05) is 0 Å². The van der Waals surface area contributed by atoms with Crippen molar-refractivity contribution in [2.45, 2.75) is 50.7 Å². The summed E-state index contributed by atoms with van der Waals surface area (Å²) in [5.74, 6) is 0.705. The van der Waals surface area contributed by atoms with Crippen molar-refractivity contribution < 1.29 is 4.74 Å². The first-order valence-corrected chi connectivity index (χ1v) is 6.93. The van der Waals surface area contributed by atoms with Crippen molar-refractivity contribution in [3.05, 3.63) is 0 Å². The lowest BCUT2D eigenvalue weighted by atomic mass is 9.88. The monoisotopic (exact) mass is 224 g/mol. The fourth-order valence-corrected chi connectivity index (χ4v) is 3.80. The molecular weight excluding hydrogens is 200 g/mol. The van der Waals surface area contributed by atoms with Gasteiger partial charge in [-0.05, 0) is 32.7 Å². The van der Waals surface area contributed by atoms with E-state index in [9.17, 15) is 0 Å². The predicted octanol–water partition coefficient (Wildman–Crippen LogP) is 1.24. The van der Waals surface area contributed by atoms with Crippen LogP contribution in [0.4, 0.5) is 0 Å². The van der Waals surface area contributed by atoms with Gasteiger partial charge in [-0.1, -0.05) is 6.42 Å². The van der Waals surface area contributed by atoms with Gasteiger partial charge < -0.3 is 10.1 Å². The Morgan fingerprint density at radius 1 is 1.25 bits per heavy atom. The molecule has 0 aromatic rings. The van der Waals surface area contributed by atoms with Crippen LogP contribution in [0.2, 0.25) is 0 Å². The number of rotatable bonds is 0. The van der Waals surface area contributed by atoms with Crippen molar-refractivity contribution in [1.82, 2.24) is 10.2 Å². The Kier molecular flexibility index (Phi) is 3.18. The van der Waals surface area contributed by atoms with Crippen molar-refractivity contribution in [2.24, 2.45) is 5.92 Å². The summed E-state index contributed by atoms with van der Waals surface area (Å²) in [6, 6.07) is 2.19. The summed E-state index contributed by atoms with van der Waals surface area (Å²) >= 11 is 0. The molecule has 3 aliphatic rings. The normalized spacial score (nSPS) is 45.6. The molecule has 16 heavy (non-hydrogen) atoms. The number of piperidine rings is 1. The molecule has 3 fully saturated rings. The largest absolute Gasteiger partial charge is 0.381 e. The van der Waals surface area contributed by atoms with E-state index in [-0.39, 0.29) is 0 Å². The molecule has 0 spiro atoms. The topological polar surface area (TPSA) is 24.5 Å². The molecule has 3 rings (SSSR count). The number of nitrogens with one attached hydrogen (secondary N) is 1. The fourth-order valence-electron chi connectivity index (χ4n) is 3.80. The molecule has 0 bridgehead atoms. The highest BCUT2D eigenvalue weighted by molar-refractivity contribution is 4.95. The van der Waals surface area contributed by atoms with Gasteiger partial charge in [-0.25, -0.2) is 0 Å². The van der Waals surface area contributed by atoms with Crippen molar-refractivity contribution in [2.75, 3.05) is 26.3 Å². The highest BCUT2D eigenvalue weighted by Gasteiger charge is 2.39. The lowest BCUT2D eigenvalue weighted by Crippen LogP contribution is -2.50. The van der Waals surface area contributed by atoms with Crippen molar-refractivity contribution in [3.8, 4) is 0 Å². The second kappa shape index (κ2) is 4.63. The number of hydrogen-bond acceptors (Lipinski definition) is 3. The Balaban J connectivity index is 1.78. The molecule has 2 unspecified atom stereocenters. The van der Waals surface area contributed by atoms with E-state index >= 15 is 0 Å². The van der Waals surface area contributed by atoms with Gasteiger partial charge in [-0.3, -0.25) is 4.90 Å². The minimum Gasteiger partial charge on any atom is -0.381 e. The van der Waals surface area contributed by atoms with E-state index in [4.69, 9.17) is 4.74 Å². The Hall–Kier alpha value is -0.120. The molecule has 0 amide bonds. The van der Waals surface area contributed by atoms with Gasteiger partial charge in [0.05, 0.1) is 6.61 Å². The molecule has 3 heterocycles. The molecule has 0 aliphatic carbocycles. The second-order valence-electron chi connectivity index (χ2n) is 5.67. The number of nitrogens with zero attached hydrogens (tertiary/aromatic N) is 1. The highest BCUT2D eigenvalue weighted by Crippen LogP contribution is 2.30. The molecular formula is C13H24N2O. The zero-order valence-corrected chi connectivity index (χ0v) is 10.3. The van der Waals surface area contributed by atoms with E-state index in [2.05, 4.69) is 17.1 Å². The quantitative estimate of drug-likeness (QED) is 0.670. The maximum atomic E-state index is 5.68. The standard InChI is InChI=1S/C13H24N2O/c1-10-12-9-16-7-5-13(12)14-8-11-4-2-3-6-15(10)11/h10-14H,2-9H2,1H3/t10-,11?,12-,13?/m0/s1. The summed E-state index contributed by atoms with van der Waals surface area (Å²) in [5.41, 5.74) is 0. The maximum absolute atomic E-state index is 5.68. The van der Waals surface area contributed by atoms with Gasteiger partial charge in [0.2, 0.25) is 0 Å². The number of fused-ring (bicyclic) bond motifs is 2.